The van der Waals surface area contributed by atoms with Crippen LogP contribution in [0.2, 0.25) is 0 Å². The first-order valence-corrected chi connectivity index (χ1v) is 9.64. The number of amides is 1. The van der Waals surface area contributed by atoms with Gasteiger partial charge in [0.2, 0.25) is 0 Å². The summed E-state index contributed by atoms with van der Waals surface area (Å²) in [5.41, 5.74) is 0.683. The first-order valence-electron chi connectivity index (χ1n) is 9.64. The minimum Gasteiger partial charge on any atom is -0.446 e. The number of nitrogens with zero attached hydrogens (tertiary/aromatic N) is 1. The first-order chi connectivity index (χ1) is 13.1. The average Bonchev–Trinajstić information content (AvgIpc) is 2.87. The van der Waals surface area contributed by atoms with Crippen molar-refractivity contribution in [2.24, 2.45) is 0 Å². The van der Waals surface area contributed by atoms with Gasteiger partial charge < -0.3 is 10.1 Å². The molecule has 5 heteroatoms. The number of carbonyl (C=O) groups is 1. The molecule has 4 rings (SSSR count). The molecule has 141 valence electrons. The lowest BCUT2D eigenvalue weighted by atomic mass is 9.77. The summed E-state index contributed by atoms with van der Waals surface area (Å²) in [6.07, 6.45) is 1.84. The summed E-state index contributed by atoms with van der Waals surface area (Å²) < 4.78 is 5.74. The SMILES string of the molecule is CCNC(=O)OC1CC2(c3ccccc3)CCC(c3ccccc3)(C1)N2[O]. The van der Waals surface area contributed by atoms with Gasteiger partial charge in [0.15, 0.2) is 0 Å². The highest BCUT2D eigenvalue weighted by Crippen LogP contribution is 2.59. The fraction of sp³-hybridized carbons (Fsp3) is 0.409. The molecule has 2 aromatic carbocycles. The normalized spacial score (nSPS) is 30.1. The molecule has 2 aliphatic rings. The third kappa shape index (κ3) is 2.91. The second-order valence-corrected chi connectivity index (χ2v) is 7.56. The van der Waals surface area contributed by atoms with Crippen LogP contribution in [0.3, 0.4) is 0 Å². The summed E-state index contributed by atoms with van der Waals surface area (Å²) in [4.78, 5) is 12.1. The molecular formula is C22H25N2O3. The summed E-state index contributed by atoms with van der Waals surface area (Å²) in [7, 11) is 0. The Hall–Kier alpha value is -2.37. The molecule has 1 radical (unpaired) electrons. The summed E-state index contributed by atoms with van der Waals surface area (Å²) >= 11 is 0. The molecule has 0 aliphatic carbocycles. The van der Waals surface area contributed by atoms with Crippen LogP contribution in [0.4, 0.5) is 4.79 Å². The van der Waals surface area contributed by atoms with Crippen molar-refractivity contribution >= 4 is 6.09 Å². The number of benzene rings is 2. The first kappa shape index (κ1) is 18.0. The van der Waals surface area contributed by atoms with Crippen molar-refractivity contribution < 1.29 is 14.7 Å². The van der Waals surface area contributed by atoms with Gasteiger partial charge in [-0.3, -0.25) is 0 Å². The Kier molecular flexibility index (Phi) is 4.66. The molecular weight excluding hydrogens is 340 g/mol. The molecule has 0 spiro atoms. The van der Waals surface area contributed by atoms with E-state index in [0.717, 1.165) is 24.0 Å². The van der Waals surface area contributed by atoms with Crippen LogP contribution in [-0.2, 0) is 21.0 Å². The molecule has 1 amide bonds. The van der Waals surface area contributed by atoms with Crippen LogP contribution in [0.25, 0.3) is 0 Å². The number of ether oxygens (including phenoxy) is 1. The van der Waals surface area contributed by atoms with Crippen LogP contribution >= 0.6 is 0 Å². The summed E-state index contributed by atoms with van der Waals surface area (Å²) in [6.45, 7) is 2.38. The maximum atomic E-state index is 13.8. The van der Waals surface area contributed by atoms with Crippen LogP contribution in [0.15, 0.2) is 60.7 Å². The maximum Gasteiger partial charge on any atom is 0.407 e. The molecule has 2 aromatic rings. The molecule has 1 N–H and O–H groups in total. The van der Waals surface area contributed by atoms with Gasteiger partial charge in [-0.05, 0) is 30.9 Å². The lowest BCUT2D eigenvalue weighted by molar-refractivity contribution is -0.297. The molecule has 27 heavy (non-hydrogen) atoms. The number of hydrogen-bond donors (Lipinski definition) is 1. The molecule has 0 saturated carbocycles. The van der Waals surface area contributed by atoms with E-state index in [0.29, 0.717) is 19.4 Å². The highest BCUT2D eigenvalue weighted by Gasteiger charge is 2.63. The van der Waals surface area contributed by atoms with E-state index in [9.17, 15) is 10.0 Å². The van der Waals surface area contributed by atoms with Gasteiger partial charge in [0.25, 0.3) is 0 Å². The van der Waals surface area contributed by atoms with Crippen LogP contribution in [-0.4, -0.2) is 23.8 Å². The lowest BCUT2D eigenvalue weighted by Gasteiger charge is -2.48. The van der Waals surface area contributed by atoms with E-state index >= 15 is 0 Å². The van der Waals surface area contributed by atoms with Gasteiger partial charge >= 0.3 is 6.09 Å². The highest BCUT2D eigenvalue weighted by molar-refractivity contribution is 5.67. The Morgan fingerprint density at radius 3 is 1.93 bits per heavy atom. The Labute approximate surface area is 159 Å². The van der Waals surface area contributed by atoms with Gasteiger partial charge in [-0.15, -0.1) is 10.3 Å². The van der Waals surface area contributed by atoms with E-state index in [-0.39, 0.29) is 6.10 Å². The maximum absolute atomic E-state index is 13.8. The van der Waals surface area contributed by atoms with Crippen molar-refractivity contribution in [3.05, 3.63) is 71.8 Å². The van der Waals surface area contributed by atoms with Crippen LogP contribution in [0, 0.1) is 0 Å². The zero-order valence-electron chi connectivity index (χ0n) is 15.6. The second kappa shape index (κ2) is 6.98. The predicted octanol–water partition coefficient (Wildman–Crippen LogP) is 4.13. The minimum absolute atomic E-state index is 0.301. The van der Waals surface area contributed by atoms with E-state index < -0.39 is 17.2 Å². The zero-order valence-corrected chi connectivity index (χ0v) is 15.6. The van der Waals surface area contributed by atoms with Crippen LogP contribution in [0.1, 0.15) is 43.7 Å². The molecule has 2 bridgehead atoms. The monoisotopic (exact) mass is 365 g/mol. The van der Waals surface area contributed by atoms with Crippen molar-refractivity contribution in [2.75, 3.05) is 6.54 Å². The quantitative estimate of drug-likeness (QED) is 0.886. The van der Waals surface area contributed by atoms with Gasteiger partial charge in [0, 0.05) is 19.4 Å². The summed E-state index contributed by atoms with van der Waals surface area (Å²) in [6, 6.07) is 19.8. The largest absolute Gasteiger partial charge is 0.446 e. The third-order valence-corrected chi connectivity index (χ3v) is 6.08. The number of hydrogen-bond acceptors (Lipinski definition) is 3. The van der Waals surface area contributed by atoms with Crippen LogP contribution in [0.5, 0.6) is 0 Å². The predicted molar refractivity (Wildman–Crippen MR) is 101 cm³/mol. The Morgan fingerprint density at radius 1 is 1.00 bits per heavy atom. The molecule has 2 heterocycles. The van der Waals surface area contributed by atoms with E-state index in [4.69, 9.17) is 4.74 Å². The van der Waals surface area contributed by atoms with E-state index in [1.807, 2.05) is 67.6 Å². The molecule has 0 aromatic heterocycles. The molecule has 2 fully saturated rings. The van der Waals surface area contributed by atoms with Gasteiger partial charge in [-0.1, -0.05) is 60.7 Å². The zero-order chi connectivity index (χ0) is 18.9. The number of hydroxylamine groups is 2. The highest BCUT2D eigenvalue weighted by atomic mass is 16.6. The number of piperidine rings is 1. The van der Waals surface area contributed by atoms with E-state index in [1.165, 1.54) is 5.06 Å². The number of alkyl carbamates (subject to hydrolysis) is 1. The second-order valence-electron chi connectivity index (χ2n) is 7.56. The van der Waals surface area contributed by atoms with Crippen molar-refractivity contribution in [3.8, 4) is 0 Å². The molecule has 2 atom stereocenters. The number of rotatable bonds is 4. The van der Waals surface area contributed by atoms with E-state index in [2.05, 4.69) is 5.32 Å². The fourth-order valence-corrected chi connectivity index (χ4v) is 4.90. The third-order valence-electron chi connectivity index (χ3n) is 6.08. The Balaban J connectivity index is 1.75. The topological polar surface area (TPSA) is 61.5 Å². The Morgan fingerprint density at radius 2 is 1.48 bits per heavy atom. The van der Waals surface area contributed by atoms with Crippen molar-refractivity contribution in [3.63, 3.8) is 0 Å². The van der Waals surface area contributed by atoms with E-state index in [1.54, 1.807) is 0 Å². The van der Waals surface area contributed by atoms with Gasteiger partial charge in [0.05, 0.1) is 11.1 Å². The summed E-state index contributed by atoms with van der Waals surface area (Å²) in [5.74, 6) is 0. The Bertz CT molecular complexity index is 740. The van der Waals surface area contributed by atoms with Gasteiger partial charge in [-0.25, -0.2) is 4.79 Å². The lowest BCUT2D eigenvalue weighted by Crippen LogP contribution is -2.56. The smallest absolute Gasteiger partial charge is 0.407 e. The van der Waals surface area contributed by atoms with Crippen molar-refractivity contribution in [1.29, 1.82) is 0 Å². The van der Waals surface area contributed by atoms with Crippen molar-refractivity contribution in [1.82, 2.24) is 10.4 Å². The molecule has 2 unspecified atom stereocenters. The molecule has 2 aliphatic heterocycles. The minimum atomic E-state index is -0.660. The average molecular weight is 365 g/mol. The molecule has 5 nitrogen and oxygen atoms in total. The van der Waals surface area contributed by atoms with Crippen LogP contribution < -0.4 is 5.32 Å². The van der Waals surface area contributed by atoms with Gasteiger partial charge in [-0.2, -0.15) is 0 Å². The molecule has 2 saturated heterocycles. The standard InChI is InChI=1S/C22H25N2O3/c1-2-23-20(25)27-19-15-21(17-9-5-3-6-10-17)13-14-22(16-19,24(21)26)18-11-7-4-8-12-18/h3-12,19H,2,13-16H2,1H3,(H,23,25). The fourth-order valence-electron chi connectivity index (χ4n) is 4.90. The number of fused-ring (bicyclic) bond motifs is 2. The number of carbonyl (C=O) groups excluding carboxylic acids is 1. The van der Waals surface area contributed by atoms with Crippen molar-refractivity contribution in [2.45, 2.75) is 49.8 Å². The van der Waals surface area contributed by atoms with Gasteiger partial charge in [0.1, 0.15) is 6.10 Å². The number of nitrogens with one attached hydrogen (secondary N) is 1. The summed E-state index contributed by atoms with van der Waals surface area (Å²) in [5, 5.41) is 17.8.